The fourth-order valence-electron chi connectivity index (χ4n) is 3.88. The fourth-order valence-corrected chi connectivity index (χ4v) is 3.88. The first kappa shape index (κ1) is 22.9. The van der Waals surface area contributed by atoms with Crippen molar-refractivity contribution < 1.29 is 19.6 Å². The molecular weight excluding hydrogens is 440 g/mol. The summed E-state index contributed by atoms with van der Waals surface area (Å²) in [5, 5.41) is 31.5. The Morgan fingerprint density at radius 3 is 2.68 bits per heavy atom. The van der Waals surface area contributed by atoms with Crippen molar-refractivity contribution in [3.8, 4) is 5.75 Å². The van der Waals surface area contributed by atoms with E-state index in [-0.39, 0.29) is 17.9 Å². The third kappa shape index (κ3) is 4.46. The van der Waals surface area contributed by atoms with Gasteiger partial charge in [-0.3, -0.25) is 14.9 Å². The number of ether oxygens (including phenoxy) is 1. The number of amides is 1. The Kier molecular flexibility index (Phi) is 6.55. The number of aryl methyl sites for hydroxylation is 1. The van der Waals surface area contributed by atoms with Gasteiger partial charge in [0.25, 0.3) is 11.6 Å². The van der Waals surface area contributed by atoms with Crippen molar-refractivity contribution in [3.05, 3.63) is 81.3 Å². The van der Waals surface area contributed by atoms with Crippen molar-refractivity contribution >= 4 is 23.2 Å². The van der Waals surface area contributed by atoms with Gasteiger partial charge in [-0.25, -0.2) is 4.68 Å². The zero-order chi connectivity index (χ0) is 24.2. The Hall–Kier alpha value is -4.25. The van der Waals surface area contributed by atoms with Gasteiger partial charge in [0.15, 0.2) is 5.82 Å². The average molecular weight is 464 g/mol. The third-order valence-electron chi connectivity index (χ3n) is 5.48. The van der Waals surface area contributed by atoms with E-state index >= 15 is 0 Å². The summed E-state index contributed by atoms with van der Waals surface area (Å²) < 4.78 is 6.65. The lowest BCUT2D eigenvalue weighted by Gasteiger charge is -2.28. The molecule has 176 valence electrons. The highest BCUT2D eigenvalue weighted by Gasteiger charge is 2.37. The molecule has 4 rings (SSSR count). The number of allylic oxidation sites excluding steroid dienone is 1. The molecule has 0 fully saturated rings. The molecule has 34 heavy (non-hydrogen) atoms. The summed E-state index contributed by atoms with van der Waals surface area (Å²) in [6.45, 7) is 1.70. The quantitative estimate of drug-likeness (QED) is 0.341. The summed E-state index contributed by atoms with van der Waals surface area (Å²) >= 11 is 0. The number of carbonyl (C=O) groups excluding carboxylic acids is 1. The number of aliphatic hydroxyl groups excluding tert-OH is 1. The number of carbonyl (C=O) groups is 1. The number of nitro benzene ring substituents is 1. The Labute approximate surface area is 195 Å². The molecule has 0 aliphatic carbocycles. The third-order valence-corrected chi connectivity index (χ3v) is 5.48. The fraction of sp³-hybridized carbons (Fsp3) is 0.261. The van der Waals surface area contributed by atoms with Gasteiger partial charge in [0.05, 0.1) is 23.2 Å². The summed E-state index contributed by atoms with van der Waals surface area (Å²) in [6, 6.07) is 12.2. The van der Waals surface area contributed by atoms with Gasteiger partial charge in [0, 0.05) is 30.5 Å². The lowest BCUT2D eigenvalue weighted by molar-refractivity contribution is -0.385. The number of fused-ring (bicyclic) bond motifs is 1. The Bertz CT molecular complexity index is 1250. The van der Waals surface area contributed by atoms with Crippen LogP contribution >= 0.6 is 0 Å². The van der Waals surface area contributed by atoms with Gasteiger partial charge in [0.1, 0.15) is 11.8 Å². The largest absolute Gasteiger partial charge is 0.497 e. The zero-order valence-electron chi connectivity index (χ0n) is 18.7. The predicted octanol–water partition coefficient (Wildman–Crippen LogP) is 3.05. The van der Waals surface area contributed by atoms with Crippen LogP contribution in [0, 0.1) is 10.1 Å². The smallest absolute Gasteiger partial charge is 0.275 e. The van der Waals surface area contributed by atoms with E-state index in [1.54, 1.807) is 56.5 Å². The molecule has 1 aliphatic rings. The maximum Gasteiger partial charge on any atom is 0.275 e. The molecule has 3 aromatic rings. The van der Waals surface area contributed by atoms with Gasteiger partial charge in [-0.1, -0.05) is 12.1 Å². The van der Waals surface area contributed by atoms with Crippen molar-refractivity contribution in [1.29, 1.82) is 0 Å². The number of rotatable bonds is 8. The van der Waals surface area contributed by atoms with Gasteiger partial charge in [0.2, 0.25) is 5.95 Å². The molecule has 0 radical (unpaired) electrons. The number of para-hydroxylation sites is 1. The SMILES string of the molecule is COc1ccc(NC(=O)C2=C(C)Nc3nc(CCCO)nn3[C@H]2c2ccccc2[N+](=O)[O-])cc1. The van der Waals surface area contributed by atoms with Crippen molar-refractivity contribution in [1.82, 2.24) is 14.8 Å². The van der Waals surface area contributed by atoms with E-state index in [0.717, 1.165) is 0 Å². The first-order valence-electron chi connectivity index (χ1n) is 10.7. The Balaban J connectivity index is 1.79. The first-order chi connectivity index (χ1) is 16.4. The molecule has 0 unspecified atom stereocenters. The second-order valence-corrected chi connectivity index (χ2v) is 7.69. The highest BCUT2D eigenvalue weighted by atomic mass is 16.6. The lowest BCUT2D eigenvalue weighted by Crippen LogP contribution is -2.32. The molecule has 0 saturated heterocycles. The summed E-state index contributed by atoms with van der Waals surface area (Å²) in [4.78, 5) is 29.3. The van der Waals surface area contributed by atoms with Crippen LogP contribution in [0.2, 0.25) is 0 Å². The number of anilines is 2. The van der Waals surface area contributed by atoms with Crippen LogP contribution < -0.4 is 15.4 Å². The number of nitrogens with one attached hydrogen (secondary N) is 2. The van der Waals surface area contributed by atoms with Crippen molar-refractivity contribution in [3.63, 3.8) is 0 Å². The van der Waals surface area contributed by atoms with E-state index in [4.69, 9.17) is 9.84 Å². The van der Waals surface area contributed by atoms with Gasteiger partial charge in [-0.05, 0) is 43.7 Å². The summed E-state index contributed by atoms with van der Waals surface area (Å²) in [5.74, 6) is 1.05. The van der Waals surface area contributed by atoms with Crippen LogP contribution in [0.25, 0.3) is 0 Å². The zero-order valence-corrected chi connectivity index (χ0v) is 18.7. The minimum absolute atomic E-state index is 0.0162. The van der Waals surface area contributed by atoms with Gasteiger partial charge < -0.3 is 20.5 Å². The van der Waals surface area contributed by atoms with Gasteiger partial charge in [-0.2, -0.15) is 10.1 Å². The number of nitrogens with zero attached hydrogens (tertiary/aromatic N) is 4. The molecular formula is C23H24N6O5. The second kappa shape index (κ2) is 9.71. The van der Waals surface area contributed by atoms with Crippen LogP contribution in [0.1, 0.15) is 30.8 Å². The molecule has 0 saturated carbocycles. The predicted molar refractivity (Wildman–Crippen MR) is 125 cm³/mol. The van der Waals surface area contributed by atoms with Crippen molar-refractivity contribution in [2.75, 3.05) is 24.4 Å². The molecule has 11 nitrogen and oxygen atoms in total. The van der Waals surface area contributed by atoms with Crippen LogP contribution in [0.15, 0.2) is 59.8 Å². The van der Waals surface area contributed by atoms with Gasteiger partial charge in [-0.15, -0.1) is 0 Å². The molecule has 0 spiro atoms. The number of aromatic nitrogens is 3. The molecule has 1 aromatic heterocycles. The van der Waals surface area contributed by atoms with Crippen molar-refractivity contribution in [2.45, 2.75) is 25.8 Å². The summed E-state index contributed by atoms with van der Waals surface area (Å²) in [6.07, 6.45) is 0.894. The van der Waals surface area contributed by atoms with Crippen molar-refractivity contribution in [2.24, 2.45) is 0 Å². The lowest BCUT2D eigenvalue weighted by atomic mass is 9.93. The molecule has 1 amide bonds. The molecule has 2 aromatic carbocycles. The number of methoxy groups -OCH3 is 1. The number of hydrogen-bond donors (Lipinski definition) is 3. The molecule has 0 bridgehead atoms. The molecule has 1 atom stereocenters. The first-order valence-corrected chi connectivity index (χ1v) is 10.7. The van der Waals surface area contributed by atoms with E-state index in [1.807, 2.05) is 0 Å². The standard InChI is InChI=1S/C23H24N6O5/c1-14-20(22(31)25-15-9-11-16(34-2)12-10-15)21(17-6-3-4-7-18(17)29(32)33)28-23(24-14)26-19(27-28)8-5-13-30/h3-4,6-7,9-12,21,30H,5,8,13H2,1-2H3,(H,25,31)(H,24,26,27)/t21-/m0/s1. The maximum absolute atomic E-state index is 13.5. The second-order valence-electron chi connectivity index (χ2n) is 7.69. The molecule has 2 heterocycles. The maximum atomic E-state index is 13.5. The van der Waals surface area contributed by atoms with E-state index in [0.29, 0.717) is 47.3 Å². The van der Waals surface area contributed by atoms with E-state index < -0.39 is 16.9 Å². The Morgan fingerprint density at radius 2 is 2.00 bits per heavy atom. The van der Waals surface area contributed by atoms with Gasteiger partial charge >= 0.3 is 0 Å². The van der Waals surface area contributed by atoms with E-state index in [9.17, 15) is 14.9 Å². The average Bonchev–Trinajstić information content (AvgIpc) is 3.24. The minimum atomic E-state index is -0.883. The van der Waals surface area contributed by atoms with Crippen LogP contribution in [0.3, 0.4) is 0 Å². The molecule has 11 heteroatoms. The number of nitro groups is 1. The number of hydrogen-bond acceptors (Lipinski definition) is 8. The van der Waals surface area contributed by atoms with Crippen LogP contribution in [-0.2, 0) is 11.2 Å². The normalized spacial score (nSPS) is 14.9. The highest BCUT2D eigenvalue weighted by Crippen LogP contribution is 2.39. The van der Waals surface area contributed by atoms with E-state index in [1.165, 1.54) is 10.7 Å². The minimum Gasteiger partial charge on any atom is -0.497 e. The molecule has 1 aliphatic heterocycles. The molecule has 3 N–H and O–H groups in total. The highest BCUT2D eigenvalue weighted by molar-refractivity contribution is 6.06. The Morgan fingerprint density at radius 1 is 1.26 bits per heavy atom. The number of aliphatic hydroxyl groups is 1. The topological polar surface area (TPSA) is 144 Å². The number of benzene rings is 2. The summed E-state index contributed by atoms with van der Waals surface area (Å²) in [5.41, 5.74) is 1.50. The van der Waals surface area contributed by atoms with Crippen LogP contribution in [0.4, 0.5) is 17.3 Å². The van der Waals surface area contributed by atoms with E-state index in [2.05, 4.69) is 20.7 Å². The monoisotopic (exact) mass is 464 g/mol. The van der Waals surface area contributed by atoms with Crippen LogP contribution in [-0.4, -0.2) is 44.4 Å². The summed E-state index contributed by atoms with van der Waals surface area (Å²) in [7, 11) is 1.55. The van der Waals surface area contributed by atoms with Crippen LogP contribution in [0.5, 0.6) is 5.75 Å².